The Balaban J connectivity index is 1.71. The molecule has 0 radical (unpaired) electrons. The third-order valence-corrected chi connectivity index (χ3v) is 17.5. The summed E-state index contributed by atoms with van der Waals surface area (Å²) in [6, 6.07) is 5.46. The van der Waals surface area contributed by atoms with Crippen molar-refractivity contribution in [1.82, 2.24) is 15.1 Å². The van der Waals surface area contributed by atoms with E-state index in [1.54, 1.807) is 24.1 Å². The molecular formula is C36H61ClFN3O5Si. The standard InChI is InChI=1S/C36H61ClFN3O5Si/c1-35(2,3)47(6,7)25-27-17-15-26(16-18-27)22-29(24-40(4)34(43)44)39-33(42)41-20-11-12-28(23-41)36(45,19-8-9-21-46-5)30-13-10-14-31(37)32(30)38/h10,13-14,26-29,45H,8-9,11-12,15-25H2,1-7H3,(H,39,42)(H,43,44)/t26?,27?,28-,29+,36+/m1/s1. The van der Waals surface area contributed by atoms with Gasteiger partial charge in [-0.25, -0.2) is 14.0 Å². The van der Waals surface area contributed by atoms with E-state index in [0.717, 1.165) is 31.6 Å². The van der Waals surface area contributed by atoms with Crippen molar-refractivity contribution in [2.45, 2.75) is 121 Å². The van der Waals surface area contributed by atoms with Crippen LogP contribution in [0.2, 0.25) is 29.2 Å². The molecule has 3 amide bonds. The van der Waals surface area contributed by atoms with Crippen molar-refractivity contribution >= 4 is 31.8 Å². The first kappa shape index (κ1) is 39.6. The summed E-state index contributed by atoms with van der Waals surface area (Å²) in [4.78, 5) is 28.5. The maximum Gasteiger partial charge on any atom is 0.407 e. The zero-order valence-electron chi connectivity index (χ0n) is 29.9. The largest absolute Gasteiger partial charge is 0.465 e. The average molecular weight is 698 g/mol. The minimum atomic E-state index is -1.51. The summed E-state index contributed by atoms with van der Waals surface area (Å²) in [7, 11) is 1.80. The number of benzene rings is 1. The fraction of sp³-hybridized carbons (Fsp3) is 0.778. The molecule has 0 bridgehead atoms. The molecule has 47 heavy (non-hydrogen) atoms. The summed E-state index contributed by atoms with van der Waals surface area (Å²) in [6.45, 7) is 13.7. The van der Waals surface area contributed by atoms with Crippen LogP contribution >= 0.6 is 11.6 Å². The highest BCUT2D eigenvalue weighted by Crippen LogP contribution is 2.45. The fourth-order valence-corrected chi connectivity index (χ4v) is 10.2. The summed E-state index contributed by atoms with van der Waals surface area (Å²) >= 11 is 6.15. The number of carbonyl (C=O) groups excluding carboxylic acids is 1. The van der Waals surface area contributed by atoms with E-state index in [0.29, 0.717) is 49.8 Å². The Bertz CT molecular complexity index is 1180. The van der Waals surface area contributed by atoms with Crippen LogP contribution in [-0.4, -0.2) is 86.7 Å². The van der Waals surface area contributed by atoms with Crippen molar-refractivity contribution in [2.24, 2.45) is 17.8 Å². The van der Waals surface area contributed by atoms with Crippen LogP contribution in [0.4, 0.5) is 14.0 Å². The first-order valence-corrected chi connectivity index (χ1v) is 21.2. The second kappa shape index (κ2) is 17.2. The maximum atomic E-state index is 15.4. The van der Waals surface area contributed by atoms with Gasteiger partial charge in [0.15, 0.2) is 0 Å². The van der Waals surface area contributed by atoms with Gasteiger partial charge in [-0.15, -0.1) is 0 Å². The first-order valence-electron chi connectivity index (χ1n) is 17.6. The van der Waals surface area contributed by atoms with Crippen LogP contribution < -0.4 is 5.32 Å². The van der Waals surface area contributed by atoms with Crippen molar-refractivity contribution in [3.05, 3.63) is 34.6 Å². The third kappa shape index (κ3) is 10.8. The predicted molar refractivity (Wildman–Crippen MR) is 190 cm³/mol. The second-order valence-corrected chi connectivity index (χ2v) is 22.1. The number of halogens is 2. The van der Waals surface area contributed by atoms with Gasteiger partial charge < -0.3 is 30.1 Å². The van der Waals surface area contributed by atoms with Gasteiger partial charge in [0.25, 0.3) is 0 Å². The van der Waals surface area contributed by atoms with Gasteiger partial charge in [0.1, 0.15) is 5.82 Å². The molecule has 1 saturated carbocycles. The molecule has 3 atom stereocenters. The number of likely N-dealkylation sites (N-methyl/N-ethyl adjacent to an activating group) is 1. The molecule has 0 aromatic heterocycles. The number of carbonyl (C=O) groups is 2. The van der Waals surface area contributed by atoms with Crippen molar-refractivity contribution < 1.29 is 28.9 Å². The second-order valence-electron chi connectivity index (χ2n) is 16.0. The Hall–Kier alpha value is -1.88. The Morgan fingerprint density at radius 2 is 1.81 bits per heavy atom. The molecule has 3 N–H and O–H groups in total. The van der Waals surface area contributed by atoms with E-state index in [4.69, 9.17) is 16.3 Å². The highest BCUT2D eigenvalue weighted by molar-refractivity contribution is 6.80. The minimum Gasteiger partial charge on any atom is -0.465 e. The first-order chi connectivity index (χ1) is 22.0. The lowest BCUT2D eigenvalue weighted by molar-refractivity contribution is -0.0588. The van der Waals surface area contributed by atoms with E-state index in [2.05, 4.69) is 39.2 Å². The summed E-state index contributed by atoms with van der Waals surface area (Å²) in [6.07, 6.45) is 7.22. The number of nitrogens with zero attached hydrogens (tertiary/aromatic N) is 2. The lowest BCUT2D eigenvalue weighted by Gasteiger charge is -2.43. The Morgan fingerprint density at radius 3 is 2.43 bits per heavy atom. The van der Waals surface area contributed by atoms with Gasteiger partial charge in [-0.2, -0.15) is 0 Å². The molecule has 1 aliphatic carbocycles. The summed E-state index contributed by atoms with van der Waals surface area (Å²) in [5, 5.41) is 25.3. The average Bonchev–Trinajstić information content (AvgIpc) is 3.00. The van der Waals surface area contributed by atoms with E-state index in [1.165, 1.54) is 36.9 Å². The molecule has 1 aliphatic heterocycles. The van der Waals surface area contributed by atoms with E-state index in [9.17, 15) is 19.8 Å². The molecule has 268 valence electrons. The topological polar surface area (TPSA) is 102 Å². The molecule has 2 aliphatic rings. The van der Waals surface area contributed by atoms with Gasteiger partial charge in [0, 0.05) is 57.9 Å². The molecule has 0 spiro atoms. The molecule has 2 fully saturated rings. The van der Waals surface area contributed by atoms with Crippen LogP contribution in [0.1, 0.15) is 90.5 Å². The number of ether oxygens (including phenoxy) is 1. The lowest BCUT2D eigenvalue weighted by Crippen LogP contribution is -2.54. The van der Waals surface area contributed by atoms with Gasteiger partial charge >= 0.3 is 12.1 Å². The summed E-state index contributed by atoms with van der Waals surface area (Å²) < 4.78 is 20.6. The minimum absolute atomic E-state index is 0.0392. The van der Waals surface area contributed by atoms with Crippen LogP contribution in [0, 0.1) is 23.6 Å². The lowest BCUT2D eigenvalue weighted by atomic mass is 9.74. The van der Waals surface area contributed by atoms with Gasteiger partial charge in [0.05, 0.1) is 18.7 Å². The fourth-order valence-electron chi connectivity index (χ4n) is 7.54. The van der Waals surface area contributed by atoms with Crippen LogP contribution in [0.25, 0.3) is 0 Å². The highest BCUT2D eigenvalue weighted by Gasteiger charge is 2.43. The summed E-state index contributed by atoms with van der Waals surface area (Å²) in [5.41, 5.74) is -1.34. The predicted octanol–water partition coefficient (Wildman–Crippen LogP) is 8.59. The number of nitrogens with one attached hydrogen (secondary N) is 1. The van der Waals surface area contributed by atoms with Crippen molar-refractivity contribution in [1.29, 1.82) is 0 Å². The molecule has 8 nitrogen and oxygen atoms in total. The number of rotatable bonds is 14. The Morgan fingerprint density at radius 1 is 1.15 bits per heavy atom. The quantitative estimate of drug-likeness (QED) is 0.134. The number of urea groups is 1. The van der Waals surface area contributed by atoms with Gasteiger partial charge in [-0.05, 0) is 61.5 Å². The van der Waals surface area contributed by atoms with Crippen LogP contribution in [0.15, 0.2) is 18.2 Å². The number of hydrogen-bond acceptors (Lipinski definition) is 4. The highest BCUT2D eigenvalue weighted by atomic mass is 35.5. The Labute approximate surface area is 288 Å². The number of methoxy groups -OCH3 is 1. The smallest absolute Gasteiger partial charge is 0.407 e. The van der Waals surface area contributed by atoms with Crippen molar-refractivity contribution in [3.8, 4) is 0 Å². The molecule has 0 unspecified atom stereocenters. The van der Waals surface area contributed by atoms with Crippen LogP contribution in [-0.2, 0) is 10.3 Å². The number of unbranched alkanes of at least 4 members (excludes halogenated alkanes) is 1. The zero-order valence-corrected chi connectivity index (χ0v) is 31.7. The number of amides is 3. The van der Waals surface area contributed by atoms with Crippen molar-refractivity contribution in [3.63, 3.8) is 0 Å². The molecule has 1 aromatic carbocycles. The van der Waals surface area contributed by atoms with Crippen molar-refractivity contribution in [2.75, 3.05) is 40.4 Å². The van der Waals surface area contributed by atoms with E-state index in [1.807, 2.05) is 0 Å². The molecule has 3 rings (SSSR count). The molecule has 1 saturated heterocycles. The number of likely N-dealkylation sites (tertiary alicyclic amines) is 1. The number of aliphatic hydroxyl groups is 1. The molecule has 11 heteroatoms. The monoisotopic (exact) mass is 697 g/mol. The van der Waals surface area contributed by atoms with Gasteiger partial charge in [-0.3, -0.25) is 0 Å². The zero-order chi connectivity index (χ0) is 35.0. The third-order valence-electron chi connectivity index (χ3n) is 11.5. The van der Waals surface area contributed by atoms with E-state index >= 15 is 4.39 Å². The summed E-state index contributed by atoms with van der Waals surface area (Å²) in [5.74, 6) is 0.148. The normalized spacial score (nSPS) is 22.8. The Kier molecular flexibility index (Phi) is 14.4. The maximum absolute atomic E-state index is 15.4. The number of carboxylic acid groups (broad SMARTS) is 1. The SMILES string of the molecule is COCCCC[C@@](O)(c1cccc(Cl)c1F)[C@@H]1CCCN(C(=O)N[C@@H](CC2CCC(C[Si](C)(C)C(C)(C)C)CC2)CN(C)C(=O)O)C1. The number of piperidine rings is 1. The molecular weight excluding hydrogens is 637 g/mol. The number of hydrogen-bond donors (Lipinski definition) is 3. The van der Waals surface area contributed by atoms with E-state index in [-0.39, 0.29) is 35.7 Å². The molecule has 1 heterocycles. The van der Waals surface area contributed by atoms with Gasteiger partial charge in [-0.1, -0.05) is 89.3 Å². The van der Waals surface area contributed by atoms with Crippen LogP contribution in [0.5, 0.6) is 0 Å². The molecule has 1 aromatic rings. The van der Waals surface area contributed by atoms with E-state index < -0.39 is 31.5 Å². The van der Waals surface area contributed by atoms with Gasteiger partial charge in [0.2, 0.25) is 0 Å². The van der Waals surface area contributed by atoms with Crippen LogP contribution in [0.3, 0.4) is 0 Å².